The molecule has 4 heteroatoms. The van der Waals surface area contributed by atoms with E-state index in [1.165, 1.54) is 7.11 Å². The molecule has 0 bridgehead atoms. The zero-order valence-electron chi connectivity index (χ0n) is 15.4. The number of rotatable bonds is 5. The Kier molecular flexibility index (Phi) is 5.62. The van der Waals surface area contributed by atoms with Gasteiger partial charge in [0.15, 0.2) is 5.78 Å². The molecule has 2 rings (SSSR count). The lowest BCUT2D eigenvalue weighted by molar-refractivity contribution is 0.0600. The third-order valence-corrected chi connectivity index (χ3v) is 4.07. The van der Waals surface area contributed by atoms with Crippen molar-refractivity contribution in [1.29, 1.82) is 0 Å². The zero-order valence-corrected chi connectivity index (χ0v) is 15.4. The maximum atomic E-state index is 12.6. The average Bonchev–Trinajstić information content (AvgIpc) is 2.60. The summed E-state index contributed by atoms with van der Waals surface area (Å²) in [6.07, 6.45) is 0.275. The molecule has 0 fully saturated rings. The SMILES string of the molecule is COC(=O)c1ccc(CC(=O)c2ccc(OC)c(C(C)(C)C)c2)cc1. The number of hydrogen-bond acceptors (Lipinski definition) is 4. The van der Waals surface area contributed by atoms with E-state index in [0.29, 0.717) is 11.1 Å². The first kappa shape index (κ1) is 18.7. The lowest BCUT2D eigenvalue weighted by Crippen LogP contribution is -2.14. The third-order valence-electron chi connectivity index (χ3n) is 4.07. The van der Waals surface area contributed by atoms with Crippen molar-refractivity contribution in [3.05, 3.63) is 64.7 Å². The second kappa shape index (κ2) is 7.51. The number of carbonyl (C=O) groups excluding carboxylic acids is 2. The van der Waals surface area contributed by atoms with E-state index >= 15 is 0 Å². The minimum absolute atomic E-state index is 0.0268. The number of Topliss-reactive ketones (excluding diaryl/α,β-unsaturated/α-hetero) is 1. The van der Waals surface area contributed by atoms with Crippen LogP contribution in [0.4, 0.5) is 0 Å². The molecule has 25 heavy (non-hydrogen) atoms. The normalized spacial score (nSPS) is 11.1. The van der Waals surface area contributed by atoms with Gasteiger partial charge >= 0.3 is 5.97 Å². The highest BCUT2D eigenvalue weighted by Gasteiger charge is 2.21. The van der Waals surface area contributed by atoms with Crippen molar-refractivity contribution in [1.82, 2.24) is 0 Å². The summed E-state index contributed by atoms with van der Waals surface area (Å²) in [4.78, 5) is 24.1. The van der Waals surface area contributed by atoms with Crippen LogP contribution in [0.1, 0.15) is 52.6 Å². The topological polar surface area (TPSA) is 52.6 Å². The lowest BCUT2D eigenvalue weighted by atomic mass is 9.84. The van der Waals surface area contributed by atoms with E-state index in [2.05, 4.69) is 25.5 Å². The number of hydrogen-bond donors (Lipinski definition) is 0. The van der Waals surface area contributed by atoms with Crippen molar-refractivity contribution in [2.75, 3.05) is 14.2 Å². The molecule has 0 amide bonds. The van der Waals surface area contributed by atoms with Crippen molar-refractivity contribution in [3.8, 4) is 5.75 Å². The minimum atomic E-state index is -0.386. The molecule has 0 spiro atoms. The Hall–Kier alpha value is -2.62. The highest BCUT2D eigenvalue weighted by Crippen LogP contribution is 2.32. The Bertz CT molecular complexity index is 767. The smallest absolute Gasteiger partial charge is 0.337 e. The molecule has 2 aromatic carbocycles. The van der Waals surface area contributed by atoms with E-state index in [1.807, 2.05) is 12.1 Å². The summed E-state index contributed by atoms with van der Waals surface area (Å²) < 4.78 is 10.1. The van der Waals surface area contributed by atoms with Gasteiger partial charge in [0.2, 0.25) is 0 Å². The van der Waals surface area contributed by atoms with Crippen LogP contribution in [0.2, 0.25) is 0 Å². The highest BCUT2D eigenvalue weighted by molar-refractivity contribution is 5.98. The van der Waals surface area contributed by atoms with Crippen molar-refractivity contribution in [2.24, 2.45) is 0 Å². The van der Waals surface area contributed by atoms with E-state index in [1.54, 1.807) is 37.4 Å². The average molecular weight is 340 g/mol. The molecular weight excluding hydrogens is 316 g/mol. The maximum Gasteiger partial charge on any atom is 0.337 e. The van der Waals surface area contributed by atoms with E-state index in [9.17, 15) is 9.59 Å². The molecule has 0 aliphatic rings. The van der Waals surface area contributed by atoms with Gasteiger partial charge in [-0.15, -0.1) is 0 Å². The van der Waals surface area contributed by atoms with Crippen molar-refractivity contribution in [2.45, 2.75) is 32.6 Å². The van der Waals surface area contributed by atoms with E-state index < -0.39 is 0 Å². The highest BCUT2D eigenvalue weighted by atomic mass is 16.5. The monoisotopic (exact) mass is 340 g/mol. The molecule has 0 unspecified atom stereocenters. The maximum absolute atomic E-state index is 12.6. The molecule has 0 saturated heterocycles. The van der Waals surface area contributed by atoms with Gasteiger partial charge in [-0.25, -0.2) is 4.79 Å². The van der Waals surface area contributed by atoms with Crippen molar-refractivity contribution >= 4 is 11.8 Å². The van der Waals surface area contributed by atoms with Gasteiger partial charge in [0.1, 0.15) is 5.75 Å². The van der Waals surface area contributed by atoms with Crippen LogP contribution in [0.5, 0.6) is 5.75 Å². The summed E-state index contributed by atoms with van der Waals surface area (Å²) in [6, 6.07) is 12.4. The van der Waals surface area contributed by atoms with Gasteiger partial charge in [-0.1, -0.05) is 32.9 Å². The molecule has 0 heterocycles. The molecule has 0 radical (unpaired) electrons. The molecular formula is C21H24O4. The Morgan fingerprint density at radius 1 is 0.920 bits per heavy atom. The fraction of sp³-hybridized carbons (Fsp3) is 0.333. The van der Waals surface area contributed by atoms with Gasteiger partial charge in [-0.05, 0) is 41.3 Å². The van der Waals surface area contributed by atoms with Gasteiger partial charge in [0.25, 0.3) is 0 Å². The van der Waals surface area contributed by atoms with Gasteiger partial charge in [0, 0.05) is 17.5 Å². The van der Waals surface area contributed by atoms with E-state index in [4.69, 9.17) is 4.74 Å². The molecule has 0 aliphatic carbocycles. The second-order valence-electron chi connectivity index (χ2n) is 6.95. The Balaban J connectivity index is 2.22. The van der Waals surface area contributed by atoms with Gasteiger partial charge < -0.3 is 9.47 Å². The van der Waals surface area contributed by atoms with Crippen LogP contribution >= 0.6 is 0 Å². The van der Waals surface area contributed by atoms with Gasteiger partial charge in [0.05, 0.1) is 19.8 Å². The summed E-state index contributed by atoms with van der Waals surface area (Å²) >= 11 is 0. The Morgan fingerprint density at radius 2 is 1.52 bits per heavy atom. The number of benzene rings is 2. The standard InChI is InChI=1S/C21H24O4/c1-21(2,3)17-13-16(10-11-19(17)24-4)18(22)12-14-6-8-15(9-7-14)20(23)25-5/h6-11,13H,12H2,1-5H3. The fourth-order valence-corrected chi connectivity index (χ4v) is 2.63. The zero-order chi connectivity index (χ0) is 18.6. The molecule has 0 saturated carbocycles. The molecule has 0 atom stereocenters. The first-order chi connectivity index (χ1) is 11.8. The van der Waals surface area contributed by atoms with Crippen LogP contribution in [0.25, 0.3) is 0 Å². The van der Waals surface area contributed by atoms with Crippen molar-refractivity contribution in [3.63, 3.8) is 0 Å². The summed E-state index contributed by atoms with van der Waals surface area (Å²) in [5, 5.41) is 0. The van der Waals surface area contributed by atoms with E-state index in [-0.39, 0.29) is 23.6 Å². The van der Waals surface area contributed by atoms with Crippen LogP contribution in [-0.2, 0) is 16.6 Å². The second-order valence-corrected chi connectivity index (χ2v) is 6.95. The fourth-order valence-electron chi connectivity index (χ4n) is 2.63. The molecule has 0 aliphatic heterocycles. The molecule has 132 valence electrons. The van der Waals surface area contributed by atoms with Crippen LogP contribution in [0.3, 0.4) is 0 Å². The number of esters is 1. The van der Waals surface area contributed by atoms with Gasteiger partial charge in [-0.3, -0.25) is 4.79 Å². The number of carbonyl (C=O) groups is 2. The number of methoxy groups -OCH3 is 2. The van der Waals surface area contributed by atoms with Crippen LogP contribution in [0.15, 0.2) is 42.5 Å². The van der Waals surface area contributed by atoms with E-state index in [0.717, 1.165) is 16.9 Å². The van der Waals surface area contributed by atoms with Crippen LogP contribution in [-0.4, -0.2) is 26.0 Å². The predicted molar refractivity (Wildman–Crippen MR) is 97.5 cm³/mol. The van der Waals surface area contributed by atoms with Crippen LogP contribution in [0, 0.1) is 0 Å². The lowest BCUT2D eigenvalue weighted by Gasteiger charge is -2.22. The molecule has 2 aromatic rings. The number of ketones is 1. The summed E-state index contributed by atoms with van der Waals surface area (Å²) in [5.74, 6) is 0.424. The predicted octanol–water partition coefficient (Wildman–Crippen LogP) is 4.20. The van der Waals surface area contributed by atoms with Crippen LogP contribution < -0.4 is 4.74 Å². The molecule has 0 aromatic heterocycles. The number of ether oxygens (including phenoxy) is 2. The van der Waals surface area contributed by atoms with Gasteiger partial charge in [-0.2, -0.15) is 0 Å². The Labute approximate surface area is 148 Å². The molecule has 4 nitrogen and oxygen atoms in total. The Morgan fingerprint density at radius 3 is 2.04 bits per heavy atom. The quantitative estimate of drug-likeness (QED) is 0.604. The van der Waals surface area contributed by atoms with Crippen molar-refractivity contribution < 1.29 is 19.1 Å². The largest absolute Gasteiger partial charge is 0.496 e. The summed E-state index contributed by atoms with van der Waals surface area (Å²) in [7, 11) is 2.98. The molecule has 0 N–H and O–H groups in total. The summed E-state index contributed by atoms with van der Waals surface area (Å²) in [6.45, 7) is 6.26. The first-order valence-corrected chi connectivity index (χ1v) is 8.15. The minimum Gasteiger partial charge on any atom is -0.496 e. The first-order valence-electron chi connectivity index (χ1n) is 8.15. The third kappa shape index (κ3) is 4.47. The summed E-state index contributed by atoms with van der Waals surface area (Å²) in [5.41, 5.74) is 2.86.